The van der Waals surface area contributed by atoms with Crippen LogP contribution in [0.25, 0.3) is 0 Å². The second kappa shape index (κ2) is 5.60. The van der Waals surface area contributed by atoms with E-state index in [2.05, 4.69) is 21.2 Å². The van der Waals surface area contributed by atoms with Crippen LogP contribution in [0.1, 0.15) is 12.8 Å². The van der Waals surface area contributed by atoms with Crippen LogP contribution in [0.2, 0.25) is 0 Å². The molecule has 5 heteroatoms. The van der Waals surface area contributed by atoms with E-state index >= 15 is 0 Å². The monoisotopic (exact) mass is 301 g/mol. The molecule has 1 aliphatic heterocycles. The first-order chi connectivity index (χ1) is 8.16. The van der Waals surface area contributed by atoms with Crippen molar-refractivity contribution >= 4 is 21.9 Å². The van der Waals surface area contributed by atoms with Crippen molar-refractivity contribution in [2.24, 2.45) is 5.92 Å². The van der Waals surface area contributed by atoms with E-state index in [-0.39, 0.29) is 17.6 Å². The molecule has 3 nitrogen and oxygen atoms in total. The summed E-state index contributed by atoms with van der Waals surface area (Å²) in [5, 5.41) is 3.18. The molecule has 1 aromatic carbocycles. The molecule has 0 radical (unpaired) electrons. The number of carbonyl (C=O) groups excluding carboxylic acids is 1. The minimum Gasteiger partial charge on any atom is -0.426 e. The molecule has 0 spiro atoms. The molecule has 2 rings (SSSR count). The minimum atomic E-state index is -0.430. The van der Waals surface area contributed by atoms with Crippen molar-refractivity contribution in [3.63, 3.8) is 0 Å². The van der Waals surface area contributed by atoms with Crippen LogP contribution in [0.15, 0.2) is 22.7 Å². The van der Waals surface area contributed by atoms with Gasteiger partial charge in [-0.2, -0.15) is 0 Å². The predicted molar refractivity (Wildman–Crippen MR) is 65.3 cm³/mol. The summed E-state index contributed by atoms with van der Waals surface area (Å²) in [5.74, 6) is -0.522. The van der Waals surface area contributed by atoms with Crippen LogP contribution < -0.4 is 10.1 Å². The highest BCUT2D eigenvalue weighted by atomic mass is 79.9. The first-order valence-electron chi connectivity index (χ1n) is 5.54. The third-order valence-corrected chi connectivity index (χ3v) is 3.43. The molecular formula is C12H13BrFNO2. The second-order valence-corrected chi connectivity index (χ2v) is 4.88. The maximum atomic E-state index is 13.2. The third kappa shape index (κ3) is 3.26. The highest BCUT2D eigenvalue weighted by molar-refractivity contribution is 9.10. The number of halogens is 2. The minimum absolute atomic E-state index is 0.0806. The standard InChI is InChI=1S/C12H13BrFNO2/c13-10-2-1-9(7-11(10)14)17-12(16)8-3-5-15-6-4-8/h1-2,7-8,15H,3-6H2. The predicted octanol–water partition coefficient (Wildman–Crippen LogP) is 2.49. The van der Waals surface area contributed by atoms with Gasteiger partial charge in [-0.1, -0.05) is 0 Å². The molecule has 1 saturated heterocycles. The van der Waals surface area contributed by atoms with Gasteiger partial charge in [0.05, 0.1) is 10.4 Å². The number of esters is 1. The quantitative estimate of drug-likeness (QED) is 0.674. The zero-order valence-electron chi connectivity index (χ0n) is 9.21. The van der Waals surface area contributed by atoms with Crippen molar-refractivity contribution < 1.29 is 13.9 Å². The summed E-state index contributed by atoms with van der Waals surface area (Å²) in [7, 11) is 0. The Labute approximate surface area is 107 Å². The molecule has 1 fully saturated rings. The van der Waals surface area contributed by atoms with Crippen LogP contribution in [0.5, 0.6) is 5.75 Å². The van der Waals surface area contributed by atoms with Crippen LogP contribution in [-0.2, 0) is 4.79 Å². The summed E-state index contributed by atoms with van der Waals surface area (Å²) in [4.78, 5) is 11.8. The Balaban J connectivity index is 1.99. The lowest BCUT2D eigenvalue weighted by Crippen LogP contribution is -2.33. The zero-order valence-corrected chi connectivity index (χ0v) is 10.8. The number of benzene rings is 1. The highest BCUT2D eigenvalue weighted by Crippen LogP contribution is 2.22. The van der Waals surface area contributed by atoms with Crippen LogP contribution in [-0.4, -0.2) is 19.1 Å². The van der Waals surface area contributed by atoms with Gasteiger partial charge in [-0.3, -0.25) is 4.79 Å². The first kappa shape index (κ1) is 12.5. The van der Waals surface area contributed by atoms with E-state index in [4.69, 9.17) is 4.74 Å². The molecule has 0 unspecified atom stereocenters. The summed E-state index contributed by atoms with van der Waals surface area (Å²) < 4.78 is 18.7. The smallest absolute Gasteiger partial charge is 0.314 e. The molecule has 0 aromatic heterocycles. The van der Waals surface area contributed by atoms with E-state index in [9.17, 15) is 9.18 Å². The van der Waals surface area contributed by atoms with Gasteiger partial charge in [0.15, 0.2) is 0 Å². The van der Waals surface area contributed by atoms with Gasteiger partial charge in [0.2, 0.25) is 0 Å². The van der Waals surface area contributed by atoms with Gasteiger partial charge in [0.1, 0.15) is 11.6 Å². The number of nitrogens with one attached hydrogen (secondary N) is 1. The van der Waals surface area contributed by atoms with Gasteiger partial charge in [-0.15, -0.1) is 0 Å². The summed E-state index contributed by atoms with van der Waals surface area (Å²) in [5.41, 5.74) is 0. The summed E-state index contributed by atoms with van der Waals surface area (Å²) >= 11 is 3.05. The Hall–Kier alpha value is -0.940. The van der Waals surface area contributed by atoms with Crippen molar-refractivity contribution in [1.82, 2.24) is 5.32 Å². The average Bonchev–Trinajstić information content (AvgIpc) is 2.35. The zero-order chi connectivity index (χ0) is 12.3. The van der Waals surface area contributed by atoms with E-state index in [1.807, 2.05) is 0 Å². The number of hydrogen-bond acceptors (Lipinski definition) is 3. The Morgan fingerprint density at radius 3 is 2.76 bits per heavy atom. The number of rotatable bonds is 2. The number of hydrogen-bond donors (Lipinski definition) is 1. The van der Waals surface area contributed by atoms with Gasteiger partial charge in [0, 0.05) is 6.07 Å². The molecule has 1 aromatic rings. The van der Waals surface area contributed by atoms with Crippen molar-refractivity contribution in [2.75, 3.05) is 13.1 Å². The fourth-order valence-corrected chi connectivity index (χ4v) is 2.04. The van der Waals surface area contributed by atoms with Crippen molar-refractivity contribution in [1.29, 1.82) is 0 Å². The number of carbonyl (C=O) groups is 1. The molecule has 0 aliphatic carbocycles. The normalized spacial score (nSPS) is 16.8. The van der Waals surface area contributed by atoms with E-state index in [0.717, 1.165) is 25.9 Å². The fourth-order valence-electron chi connectivity index (χ4n) is 1.80. The molecule has 0 bridgehead atoms. The topological polar surface area (TPSA) is 38.3 Å². The molecule has 0 saturated carbocycles. The fraction of sp³-hybridized carbons (Fsp3) is 0.417. The Morgan fingerprint density at radius 1 is 1.41 bits per heavy atom. The lowest BCUT2D eigenvalue weighted by molar-refractivity contribution is -0.139. The molecule has 1 N–H and O–H groups in total. The summed E-state index contributed by atoms with van der Waals surface area (Å²) in [6.07, 6.45) is 1.55. The van der Waals surface area contributed by atoms with Crippen LogP contribution in [0.3, 0.4) is 0 Å². The average molecular weight is 302 g/mol. The third-order valence-electron chi connectivity index (χ3n) is 2.78. The van der Waals surface area contributed by atoms with Gasteiger partial charge >= 0.3 is 5.97 Å². The van der Waals surface area contributed by atoms with Gasteiger partial charge < -0.3 is 10.1 Å². The van der Waals surface area contributed by atoms with Gasteiger partial charge in [0.25, 0.3) is 0 Å². The second-order valence-electron chi connectivity index (χ2n) is 4.02. The largest absolute Gasteiger partial charge is 0.426 e. The Kier molecular flexibility index (Phi) is 4.12. The maximum Gasteiger partial charge on any atom is 0.314 e. The number of ether oxygens (including phenoxy) is 1. The number of piperidine rings is 1. The molecule has 0 amide bonds. The lowest BCUT2D eigenvalue weighted by atomic mass is 9.98. The lowest BCUT2D eigenvalue weighted by Gasteiger charge is -2.20. The summed E-state index contributed by atoms with van der Waals surface area (Å²) in [6, 6.07) is 4.32. The molecule has 17 heavy (non-hydrogen) atoms. The van der Waals surface area contributed by atoms with E-state index in [1.165, 1.54) is 12.1 Å². The molecule has 92 valence electrons. The maximum absolute atomic E-state index is 13.2. The van der Waals surface area contributed by atoms with Gasteiger partial charge in [-0.05, 0) is 54.0 Å². The van der Waals surface area contributed by atoms with Gasteiger partial charge in [-0.25, -0.2) is 4.39 Å². The van der Waals surface area contributed by atoms with Crippen LogP contribution in [0.4, 0.5) is 4.39 Å². The molecule has 1 aliphatic rings. The van der Waals surface area contributed by atoms with Crippen molar-refractivity contribution in [3.8, 4) is 5.75 Å². The van der Waals surface area contributed by atoms with Crippen molar-refractivity contribution in [2.45, 2.75) is 12.8 Å². The summed E-state index contributed by atoms with van der Waals surface area (Å²) in [6.45, 7) is 1.66. The first-order valence-corrected chi connectivity index (χ1v) is 6.33. The highest BCUT2D eigenvalue weighted by Gasteiger charge is 2.22. The molecule has 0 atom stereocenters. The van der Waals surface area contributed by atoms with Crippen LogP contribution >= 0.6 is 15.9 Å². The van der Waals surface area contributed by atoms with E-state index < -0.39 is 5.82 Å². The van der Waals surface area contributed by atoms with Crippen molar-refractivity contribution in [3.05, 3.63) is 28.5 Å². The SMILES string of the molecule is O=C(Oc1ccc(Br)c(F)c1)C1CCNCC1. The Bertz CT molecular complexity index is 419. The Morgan fingerprint density at radius 2 is 2.12 bits per heavy atom. The molecule has 1 heterocycles. The van der Waals surface area contributed by atoms with E-state index in [1.54, 1.807) is 6.07 Å². The van der Waals surface area contributed by atoms with E-state index in [0.29, 0.717) is 4.47 Å². The van der Waals surface area contributed by atoms with Crippen LogP contribution in [0, 0.1) is 11.7 Å². The molecular weight excluding hydrogens is 289 g/mol.